The molecule has 0 atom stereocenters. The van der Waals surface area contributed by atoms with Crippen LogP contribution in [0.5, 0.6) is 0 Å². The summed E-state index contributed by atoms with van der Waals surface area (Å²) in [4.78, 5) is 32.8. The lowest BCUT2D eigenvalue weighted by atomic mass is 10.0. The number of fused-ring (bicyclic) bond motifs is 2. The molecule has 13 heteroatoms. The second kappa shape index (κ2) is 12.0. The van der Waals surface area contributed by atoms with E-state index in [0.717, 1.165) is 61.0 Å². The molecular formula is C28H31ClN6O5S. The Labute approximate surface area is 240 Å². The second-order valence-electron chi connectivity index (χ2n) is 10.0. The van der Waals surface area contributed by atoms with E-state index in [0.29, 0.717) is 17.3 Å². The van der Waals surface area contributed by atoms with Gasteiger partial charge in [0, 0.05) is 36.4 Å². The molecule has 1 aliphatic rings. The minimum atomic E-state index is -4.08. The number of piperidine rings is 1. The highest BCUT2D eigenvalue weighted by Crippen LogP contribution is 2.26. The number of anilines is 1. The molecule has 0 aliphatic carbocycles. The molecule has 0 radical (unpaired) electrons. The van der Waals surface area contributed by atoms with Gasteiger partial charge in [-0.05, 0) is 80.4 Å². The number of aryl methyl sites for hydroxylation is 1. The lowest BCUT2D eigenvalue weighted by molar-refractivity contribution is 0.183. The first-order chi connectivity index (χ1) is 19.6. The molecule has 6 rings (SSSR count). The molecule has 41 heavy (non-hydrogen) atoms. The lowest BCUT2D eigenvalue weighted by Gasteiger charge is -2.32. The molecule has 2 aromatic heterocycles. The molecular weight excluding hydrogens is 568 g/mol. The van der Waals surface area contributed by atoms with E-state index >= 15 is 0 Å². The number of hydrogen-bond acceptors (Lipinski definition) is 6. The molecule has 3 heterocycles. The van der Waals surface area contributed by atoms with Gasteiger partial charge < -0.3 is 20.6 Å². The maximum Gasteiger partial charge on any atom is 0.326 e. The van der Waals surface area contributed by atoms with E-state index in [2.05, 4.69) is 14.9 Å². The summed E-state index contributed by atoms with van der Waals surface area (Å²) in [7, 11) is -4.08. The smallest absolute Gasteiger partial charge is 0.326 e. The zero-order chi connectivity index (χ0) is 29.1. The van der Waals surface area contributed by atoms with Crippen LogP contribution in [0.2, 0.25) is 5.02 Å². The fourth-order valence-electron chi connectivity index (χ4n) is 5.29. The minimum Gasteiger partial charge on any atom is -0.399 e. The number of rotatable bonds is 6. The summed E-state index contributed by atoms with van der Waals surface area (Å²) in [6.07, 6.45) is 2.78. The number of para-hydroxylation sites is 2. The number of nitrogen functional groups attached to an aromatic ring is 1. The molecule has 0 bridgehead atoms. The quantitative estimate of drug-likeness (QED) is 0.170. The van der Waals surface area contributed by atoms with Gasteiger partial charge in [-0.2, -0.15) is 8.42 Å². The largest absolute Gasteiger partial charge is 0.399 e. The van der Waals surface area contributed by atoms with Gasteiger partial charge in [-0.25, -0.2) is 9.59 Å². The predicted molar refractivity (Wildman–Crippen MR) is 160 cm³/mol. The Hall–Kier alpha value is -3.84. The first-order valence-corrected chi connectivity index (χ1v) is 15.0. The van der Waals surface area contributed by atoms with Crippen LogP contribution in [0.1, 0.15) is 25.3 Å². The molecule has 5 N–H and O–H groups in total. The van der Waals surface area contributed by atoms with Crippen molar-refractivity contribution in [1.82, 2.24) is 24.0 Å². The highest BCUT2D eigenvalue weighted by molar-refractivity contribution is 7.85. The van der Waals surface area contributed by atoms with E-state index in [1.54, 1.807) is 6.07 Å². The van der Waals surface area contributed by atoms with Crippen molar-refractivity contribution < 1.29 is 13.0 Å². The number of halogens is 1. The molecule has 0 spiro atoms. The van der Waals surface area contributed by atoms with E-state index in [1.165, 1.54) is 24.3 Å². The summed E-state index contributed by atoms with van der Waals surface area (Å²) in [5, 5.41) is 0.625. The number of nitrogens with zero attached hydrogens (tertiary/aromatic N) is 3. The maximum absolute atomic E-state index is 12.5. The zero-order valence-corrected chi connectivity index (χ0v) is 23.7. The van der Waals surface area contributed by atoms with Crippen molar-refractivity contribution in [3.63, 3.8) is 0 Å². The van der Waals surface area contributed by atoms with Crippen molar-refractivity contribution >= 4 is 49.5 Å². The zero-order valence-electron chi connectivity index (χ0n) is 22.2. The summed E-state index contributed by atoms with van der Waals surface area (Å²) in [5.41, 5.74) is 9.19. The van der Waals surface area contributed by atoms with Gasteiger partial charge in [0.05, 0.1) is 27.0 Å². The number of benzene rings is 3. The van der Waals surface area contributed by atoms with Gasteiger partial charge in [0.2, 0.25) is 0 Å². The van der Waals surface area contributed by atoms with Crippen molar-refractivity contribution in [2.24, 2.45) is 0 Å². The van der Waals surface area contributed by atoms with Gasteiger partial charge in [-0.1, -0.05) is 23.7 Å². The van der Waals surface area contributed by atoms with Crippen LogP contribution in [-0.2, 0) is 16.7 Å². The van der Waals surface area contributed by atoms with Gasteiger partial charge in [0.25, 0.3) is 10.1 Å². The topological polar surface area (TPSA) is 159 Å². The lowest BCUT2D eigenvalue weighted by Crippen LogP contribution is -2.37. The molecule has 5 aromatic rings. The van der Waals surface area contributed by atoms with Gasteiger partial charge in [-0.3, -0.25) is 13.7 Å². The van der Waals surface area contributed by atoms with Gasteiger partial charge in [0.15, 0.2) is 0 Å². The van der Waals surface area contributed by atoms with E-state index in [1.807, 2.05) is 45.5 Å². The first kappa shape index (κ1) is 28.7. The van der Waals surface area contributed by atoms with Crippen LogP contribution in [0, 0.1) is 0 Å². The summed E-state index contributed by atoms with van der Waals surface area (Å²) in [5.74, 6) is 0. The third-order valence-electron chi connectivity index (χ3n) is 7.32. The highest BCUT2D eigenvalue weighted by Gasteiger charge is 2.23. The summed E-state index contributed by atoms with van der Waals surface area (Å²) >= 11 is 6.05. The fourth-order valence-corrected chi connectivity index (χ4v) is 5.94. The standard InChI is InChI=1S/C22H24ClN5O2.C6H7NO3S/c23-15-6-7-20-18(14-15)25-22(30)28(20)16-8-12-26(13-9-16)10-3-11-27-19-5-2-1-4-17(19)24-21(27)29;7-5-1-3-6(4-2-5)11(8,9)10/h1-2,4-7,14,16H,3,8-13H2,(H,24,29)(H,25,30);1-4H,7H2,(H,8,9,10). The summed E-state index contributed by atoms with van der Waals surface area (Å²) in [6, 6.07) is 18.8. The normalized spacial score (nSPS) is 14.8. The fraction of sp³-hybridized carbons (Fsp3) is 0.286. The SMILES string of the molecule is Nc1ccc(S(=O)(=O)O)cc1.O=c1[nH]c2ccccc2n1CCCN1CCC(n2c(=O)[nH]c3cc(Cl)ccc32)CC1. The van der Waals surface area contributed by atoms with Crippen molar-refractivity contribution in [1.29, 1.82) is 0 Å². The molecule has 0 amide bonds. The molecule has 3 aromatic carbocycles. The van der Waals surface area contributed by atoms with E-state index in [9.17, 15) is 18.0 Å². The monoisotopic (exact) mass is 598 g/mol. The van der Waals surface area contributed by atoms with Crippen LogP contribution in [0.4, 0.5) is 5.69 Å². The summed E-state index contributed by atoms with van der Waals surface area (Å²) in [6.45, 7) is 3.53. The molecule has 216 valence electrons. The molecule has 1 aliphatic heterocycles. The Morgan fingerprint density at radius 3 is 2.27 bits per heavy atom. The van der Waals surface area contributed by atoms with Gasteiger partial charge in [-0.15, -0.1) is 0 Å². The van der Waals surface area contributed by atoms with E-state index in [4.69, 9.17) is 21.9 Å². The van der Waals surface area contributed by atoms with Crippen LogP contribution < -0.4 is 17.1 Å². The number of aromatic nitrogens is 4. The number of H-pyrrole nitrogens is 2. The second-order valence-corrected chi connectivity index (χ2v) is 11.9. The first-order valence-electron chi connectivity index (χ1n) is 13.2. The number of nitrogens with two attached hydrogens (primary N) is 1. The highest BCUT2D eigenvalue weighted by atomic mass is 35.5. The van der Waals surface area contributed by atoms with Crippen molar-refractivity contribution in [2.45, 2.75) is 36.7 Å². The molecule has 1 fully saturated rings. The molecule has 1 saturated heterocycles. The number of aromatic amines is 2. The third-order valence-corrected chi connectivity index (χ3v) is 8.42. The van der Waals surface area contributed by atoms with Crippen LogP contribution in [0.3, 0.4) is 0 Å². The molecule has 11 nitrogen and oxygen atoms in total. The van der Waals surface area contributed by atoms with Crippen LogP contribution in [-0.4, -0.2) is 56.6 Å². The van der Waals surface area contributed by atoms with Crippen LogP contribution in [0.15, 0.2) is 81.2 Å². The number of nitrogens with one attached hydrogen (secondary N) is 2. The Bertz CT molecular complexity index is 1880. The Balaban J connectivity index is 0.000000259. The Morgan fingerprint density at radius 2 is 1.56 bits per heavy atom. The molecule has 0 unspecified atom stereocenters. The minimum absolute atomic E-state index is 0.0475. The summed E-state index contributed by atoms with van der Waals surface area (Å²) < 4.78 is 33.1. The Morgan fingerprint density at radius 1 is 0.878 bits per heavy atom. The predicted octanol–water partition coefficient (Wildman–Crippen LogP) is 3.87. The van der Waals surface area contributed by atoms with Crippen molar-refractivity contribution in [2.75, 3.05) is 25.4 Å². The number of likely N-dealkylation sites (tertiary alicyclic amines) is 1. The van der Waals surface area contributed by atoms with E-state index in [-0.39, 0.29) is 22.3 Å². The van der Waals surface area contributed by atoms with Gasteiger partial charge >= 0.3 is 11.4 Å². The van der Waals surface area contributed by atoms with Crippen LogP contribution >= 0.6 is 11.6 Å². The Kier molecular flexibility index (Phi) is 8.36. The number of imidazole rings is 2. The van der Waals surface area contributed by atoms with E-state index < -0.39 is 10.1 Å². The average Bonchev–Trinajstić information content (AvgIpc) is 3.43. The molecule has 0 saturated carbocycles. The number of hydrogen-bond donors (Lipinski definition) is 4. The van der Waals surface area contributed by atoms with Crippen molar-refractivity contribution in [3.05, 3.63) is 92.7 Å². The third kappa shape index (κ3) is 6.57. The average molecular weight is 599 g/mol. The maximum atomic E-state index is 12.5. The van der Waals surface area contributed by atoms with Crippen molar-refractivity contribution in [3.8, 4) is 0 Å². The van der Waals surface area contributed by atoms with Crippen LogP contribution in [0.25, 0.3) is 22.1 Å². The van der Waals surface area contributed by atoms with Gasteiger partial charge in [0.1, 0.15) is 0 Å².